The van der Waals surface area contributed by atoms with Crippen LogP contribution in [0, 0.1) is 18.8 Å². The molecule has 0 radical (unpaired) electrons. The number of hydrogen-bond acceptors (Lipinski definition) is 3. The first-order valence-electron chi connectivity index (χ1n) is 11.0. The second-order valence-electron chi connectivity index (χ2n) is 9.34. The van der Waals surface area contributed by atoms with E-state index in [-0.39, 0.29) is 0 Å². The molecule has 0 N–H and O–H groups in total. The Hall–Kier alpha value is -1.39. The lowest BCUT2D eigenvalue weighted by Gasteiger charge is -2.40. The number of rotatable bonds is 7. The van der Waals surface area contributed by atoms with E-state index in [1.807, 2.05) is 0 Å². The van der Waals surface area contributed by atoms with E-state index >= 15 is 0 Å². The first-order valence-corrected chi connectivity index (χ1v) is 11.0. The van der Waals surface area contributed by atoms with Gasteiger partial charge in [-0.2, -0.15) is 5.10 Å². The summed E-state index contributed by atoms with van der Waals surface area (Å²) in [5.74, 6) is 1.49. The van der Waals surface area contributed by atoms with Crippen LogP contribution in [0.15, 0.2) is 24.3 Å². The van der Waals surface area contributed by atoms with Gasteiger partial charge in [-0.05, 0) is 63.4 Å². The van der Waals surface area contributed by atoms with Crippen molar-refractivity contribution in [3.63, 3.8) is 0 Å². The third-order valence-electron chi connectivity index (χ3n) is 6.96. The van der Waals surface area contributed by atoms with E-state index in [1.54, 1.807) is 0 Å². The standard InChI is InChI=1S/C23H33N3O/c1-16(14-26-23-6-4-3-5-22(23)17(2)24-26)13-25-19-9-10-20(25)12-21(11-19)27-15-18-7-8-18/h3-6,16,18-21H,7-15H2,1-2H3/t16-,19?,20?,21?/m1/s1. The van der Waals surface area contributed by atoms with E-state index in [1.165, 1.54) is 56.0 Å². The van der Waals surface area contributed by atoms with Crippen LogP contribution in [-0.4, -0.2) is 46.0 Å². The van der Waals surface area contributed by atoms with Gasteiger partial charge in [0.15, 0.2) is 0 Å². The van der Waals surface area contributed by atoms with Gasteiger partial charge in [-0.3, -0.25) is 9.58 Å². The third kappa shape index (κ3) is 3.66. The molecule has 0 amide bonds. The SMILES string of the molecule is Cc1nn(C[C@H](C)CN2C3CCC2CC(OCC2CC2)C3)c2ccccc12. The number of hydrogen-bond donors (Lipinski definition) is 0. The molecule has 1 aliphatic carbocycles. The number of aryl methyl sites for hydroxylation is 1. The van der Waals surface area contributed by atoms with Crippen molar-refractivity contribution in [2.45, 2.75) is 77.1 Å². The molecule has 3 atom stereocenters. The summed E-state index contributed by atoms with van der Waals surface area (Å²) in [4.78, 5) is 2.81. The molecule has 2 unspecified atom stereocenters. The number of piperidine rings is 1. The van der Waals surface area contributed by atoms with Crippen LogP contribution in [0.3, 0.4) is 0 Å². The van der Waals surface area contributed by atoms with Gasteiger partial charge in [-0.15, -0.1) is 0 Å². The van der Waals surface area contributed by atoms with Gasteiger partial charge < -0.3 is 4.74 Å². The lowest BCUT2D eigenvalue weighted by atomic mass is 9.98. The maximum absolute atomic E-state index is 6.25. The predicted octanol–water partition coefficient (Wildman–Crippen LogP) is 4.40. The molecule has 3 heterocycles. The van der Waals surface area contributed by atoms with Crippen LogP contribution < -0.4 is 0 Å². The normalized spacial score (nSPS) is 29.5. The molecule has 2 saturated heterocycles. The molecule has 2 aromatic rings. The minimum absolute atomic E-state index is 0.521. The average molecular weight is 368 g/mol. The van der Waals surface area contributed by atoms with Crippen LogP contribution in [-0.2, 0) is 11.3 Å². The smallest absolute Gasteiger partial charge is 0.0685 e. The van der Waals surface area contributed by atoms with Gasteiger partial charge in [0.25, 0.3) is 0 Å². The molecule has 5 rings (SSSR count). The Morgan fingerprint density at radius 2 is 1.81 bits per heavy atom. The fraction of sp³-hybridized carbons (Fsp3) is 0.696. The predicted molar refractivity (Wildman–Crippen MR) is 109 cm³/mol. The number of para-hydroxylation sites is 1. The molecule has 146 valence electrons. The van der Waals surface area contributed by atoms with Crippen LogP contribution in [0.1, 0.15) is 51.1 Å². The molecular weight excluding hydrogens is 334 g/mol. The molecule has 1 saturated carbocycles. The Bertz CT molecular complexity index is 782. The Balaban J connectivity index is 1.20. The molecule has 1 aromatic heterocycles. The quantitative estimate of drug-likeness (QED) is 0.726. The van der Waals surface area contributed by atoms with Gasteiger partial charge in [0.1, 0.15) is 0 Å². The van der Waals surface area contributed by atoms with Gasteiger partial charge in [0, 0.05) is 37.2 Å². The molecule has 3 aliphatic rings. The van der Waals surface area contributed by atoms with Crippen molar-refractivity contribution in [2.75, 3.05) is 13.2 Å². The van der Waals surface area contributed by atoms with Crippen molar-refractivity contribution in [1.29, 1.82) is 0 Å². The van der Waals surface area contributed by atoms with Crippen molar-refractivity contribution >= 4 is 10.9 Å². The van der Waals surface area contributed by atoms with Crippen molar-refractivity contribution in [3.8, 4) is 0 Å². The maximum atomic E-state index is 6.25. The van der Waals surface area contributed by atoms with Crippen LogP contribution >= 0.6 is 0 Å². The number of ether oxygens (including phenoxy) is 1. The van der Waals surface area contributed by atoms with E-state index in [2.05, 4.69) is 47.7 Å². The summed E-state index contributed by atoms with van der Waals surface area (Å²) in [6, 6.07) is 10.1. The fourth-order valence-electron chi connectivity index (χ4n) is 5.36. The van der Waals surface area contributed by atoms with Crippen molar-refractivity contribution in [1.82, 2.24) is 14.7 Å². The zero-order valence-corrected chi connectivity index (χ0v) is 16.8. The van der Waals surface area contributed by atoms with Crippen molar-refractivity contribution < 1.29 is 4.74 Å². The Morgan fingerprint density at radius 3 is 2.56 bits per heavy atom. The lowest BCUT2D eigenvalue weighted by Crippen LogP contribution is -2.47. The molecule has 3 fully saturated rings. The van der Waals surface area contributed by atoms with Crippen LogP contribution in [0.4, 0.5) is 0 Å². The second kappa shape index (κ2) is 7.21. The zero-order valence-electron chi connectivity index (χ0n) is 16.8. The lowest BCUT2D eigenvalue weighted by molar-refractivity contribution is -0.0276. The summed E-state index contributed by atoms with van der Waals surface area (Å²) in [5, 5.41) is 6.10. The van der Waals surface area contributed by atoms with Gasteiger partial charge >= 0.3 is 0 Å². The summed E-state index contributed by atoms with van der Waals surface area (Å²) >= 11 is 0. The zero-order chi connectivity index (χ0) is 18.4. The van der Waals surface area contributed by atoms with Crippen LogP contribution in [0.2, 0.25) is 0 Å². The summed E-state index contributed by atoms with van der Waals surface area (Å²) in [6.45, 7) is 7.73. The maximum Gasteiger partial charge on any atom is 0.0685 e. The Morgan fingerprint density at radius 1 is 1.07 bits per heavy atom. The van der Waals surface area contributed by atoms with E-state index in [9.17, 15) is 0 Å². The fourth-order valence-corrected chi connectivity index (χ4v) is 5.36. The first kappa shape index (κ1) is 17.7. The van der Waals surface area contributed by atoms with Crippen molar-refractivity contribution in [3.05, 3.63) is 30.0 Å². The molecular formula is C23H33N3O. The summed E-state index contributed by atoms with van der Waals surface area (Å²) in [7, 11) is 0. The topological polar surface area (TPSA) is 30.3 Å². The summed E-state index contributed by atoms with van der Waals surface area (Å²) in [5.41, 5.74) is 2.42. The monoisotopic (exact) mass is 367 g/mol. The molecule has 0 spiro atoms. The molecule has 4 nitrogen and oxygen atoms in total. The molecule has 4 heteroatoms. The van der Waals surface area contributed by atoms with Crippen LogP contribution in [0.5, 0.6) is 0 Å². The highest BCUT2D eigenvalue weighted by molar-refractivity contribution is 5.81. The largest absolute Gasteiger partial charge is 0.378 e. The Kier molecular flexibility index (Phi) is 4.73. The van der Waals surface area contributed by atoms with Gasteiger partial charge in [0.05, 0.1) is 17.3 Å². The highest BCUT2D eigenvalue weighted by Crippen LogP contribution is 2.38. The third-order valence-corrected chi connectivity index (χ3v) is 6.96. The Labute approximate surface area is 162 Å². The van der Waals surface area contributed by atoms with Gasteiger partial charge in [0.2, 0.25) is 0 Å². The first-order chi connectivity index (χ1) is 13.2. The number of fused-ring (bicyclic) bond motifs is 3. The number of nitrogens with zero attached hydrogens (tertiary/aromatic N) is 3. The minimum Gasteiger partial charge on any atom is -0.378 e. The van der Waals surface area contributed by atoms with Gasteiger partial charge in [-0.1, -0.05) is 25.1 Å². The summed E-state index contributed by atoms with van der Waals surface area (Å²) in [6.07, 6.45) is 8.54. The van der Waals surface area contributed by atoms with E-state index in [0.717, 1.165) is 36.8 Å². The minimum atomic E-state index is 0.521. The number of aromatic nitrogens is 2. The van der Waals surface area contributed by atoms with E-state index < -0.39 is 0 Å². The highest BCUT2D eigenvalue weighted by Gasteiger charge is 2.41. The molecule has 2 aliphatic heterocycles. The second-order valence-corrected chi connectivity index (χ2v) is 9.34. The summed E-state index contributed by atoms with van der Waals surface area (Å²) < 4.78 is 8.47. The number of benzene rings is 1. The van der Waals surface area contributed by atoms with Crippen molar-refractivity contribution in [2.24, 2.45) is 11.8 Å². The van der Waals surface area contributed by atoms with E-state index in [0.29, 0.717) is 12.0 Å². The molecule has 1 aromatic carbocycles. The van der Waals surface area contributed by atoms with Gasteiger partial charge in [-0.25, -0.2) is 0 Å². The highest BCUT2D eigenvalue weighted by atomic mass is 16.5. The molecule has 2 bridgehead atoms. The van der Waals surface area contributed by atoms with Crippen LogP contribution in [0.25, 0.3) is 10.9 Å². The van der Waals surface area contributed by atoms with E-state index in [4.69, 9.17) is 9.84 Å². The average Bonchev–Trinajstić information content (AvgIpc) is 3.41. The molecule has 27 heavy (non-hydrogen) atoms.